The third-order valence-corrected chi connectivity index (χ3v) is 4.38. The van der Waals surface area contributed by atoms with Gasteiger partial charge in [-0.05, 0) is 41.8 Å². The molecule has 24 heavy (non-hydrogen) atoms. The molecule has 0 aliphatic rings. The first kappa shape index (κ1) is 16.6. The van der Waals surface area contributed by atoms with Gasteiger partial charge in [0.05, 0.1) is 19.7 Å². The van der Waals surface area contributed by atoms with E-state index in [0.717, 1.165) is 33.3 Å². The standard InChI is InChI=1S/C19H20ClN3O/c1-13-11-14(24-2)7-8-15(13)19(16-5-3-4-6-17(16)20)23-12-18-21-9-10-22-18/h3-11,19,23H,12H2,1-2H3,(H,21,22). The molecule has 0 aliphatic carbocycles. The van der Waals surface area contributed by atoms with Crippen LogP contribution in [0, 0.1) is 6.92 Å². The van der Waals surface area contributed by atoms with Gasteiger partial charge in [0, 0.05) is 17.4 Å². The average molecular weight is 342 g/mol. The van der Waals surface area contributed by atoms with Crippen LogP contribution in [0.4, 0.5) is 0 Å². The summed E-state index contributed by atoms with van der Waals surface area (Å²) in [6.45, 7) is 2.70. The summed E-state index contributed by atoms with van der Waals surface area (Å²) in [5.41, 5.74) is 3.35. The summed E-state index contributed by atoms with van der Waals surface area (Å²) < 4.78 is 5.32. The number of nitrogens with zero attached hydrogens (tertiary/aromatic N) is 1. The van der Waals surface area contributed by atoms with Gasteiger partial charge < -0.3 is 9.72 Å². The Morgan fingerprint density at radius 2 is 2.04 bits per heavy atom. The van der Waals surface area contributed by atoms with E-state index in [1.807, 2.05) is 42.6 Å². The molecule has 1 unspecified atom stereocenters. The number of ether oxygens (including phenoxy) is 1. The minimum Gasteiger partial charge on any atom is -0.497 e. The van der Waals surface area contributed by atoms with Crippen molar-refractivity contribution in [3.63, 3.8) is 0 Å². The summed E-state index contributed by atoms with van der Waals surface area (Å²) in [6.07, 6.45) is 3.57. The van der Waals surface area contributed by atoms with Gasteiger partial charge in [-0.2, -0.15) is 0 Å². The van der Waals surface area contributed by atoms with Gasteiger partial charge in [0.2, 0.25) is 0 Å². The molecule has 0 bridgehead atoms. The predicted molar refractivity (Wildman–Crippen MR) is 96.5 cm³/mol. The zero-order chi connectivity index (χ0) is 16.9. The van der Waals surface area contributed by atoms with Crippen LogP contribution in [0.25, 0.3) is 0 Å². The fourth-order valence-corrected chi connectivity index (χ4v) is 3.03. The van der Waals surface area contributed by atoms with Crippen LogP contribution in [0.5, 0.6) is 5.75 Å². The molecule has 0 saturated carbocycles. The van der Waals surface area contributed by atoms with E-state index in [2.05, 4.69) is 28.3 Å². The van der Waals surface area contributed by atoms with Gasteiger partial charge in [0.25, 0.3) is 0 Å². The lowest BCUT2D eigenvalue weighted by molar-refractivity contribution is 0.414. The molecule has 5 heteroatoms. The van der Waals surface area contributed by atoms with E-state index in [4.69, 9.17) is 16.3 Å². The fraction of sp³-hybridized carbons (Fsp3) is 0.211. The molecule has 1 heterocycles. The van der Waals surface area contributed by atoms with Crippen LogP contribution >= 0.6 is 11.6 Å². The van der Waals surface area contributed by atoms with Crippen LogP contribution in [0.3, 0.4) is 0 Å². The summed E-state index contributed by atoms with van der Waals surface area (Å²) in [5, 5.41) is 4.30. The lowest BCUT2D eigenvalue weighted by Gasteiger charge is -2.22. The Balaban J connectivity index is 1.96. The number of H-pyrrole nitrogens is 1. The van der Waals surface area contributed by atoms with Crippen LogP contribution in [0.15, 0.2) is 54.9 Å². The number of aryl methyl sites for hydroxylation is 1. The molecule has 0 saturated heterocycles. The highest BCUT2D eigenvalue weighted by atomic mass is 35.5. The highest BCUT2D eigenvalue weighted by Crippen LogP contribution is 2.31. The van der Waals surface area contributed by atoms with Gasteiger partial charge in [-0.1, -0.05) is 35.9 Å². The molecule has 3 aromatic rings. The Labute approximate surface area is 146 Å². The number of nitrogens with one attached hydrogen (secondary N) is 2. The number of hydrogen-bond acceptors (Lipinski definition) is 3. The Morgan fingerprint density at radius 1 is 1.21 bits per heavy atom. The van der Waals surface area contributed by atoms with Gasteiger partial charge in [-0.25, -0.2) is 4.98 Å². The van der Waals surface area contributed by atoms with Crippen molar-refractivity contribution < 1.29 is 4.74 Å². The smallest absolute Gasteiger partial charge is 0.120 e. The van der Waals surface area contributed by atoms with Crippen molar-refractivity contribution in [3.05, 3.63) is 82.4 Å². The number of imidazole rings is 1. The summed E-state index contributed by atoms with van der Waals surface area (Å²) in [5.74, 6) is 1.73. The molecule has 4 nitrogen and oxygen atoms in total. The van der Waals surface area contributed by atoms with Crippen molar-refractivity contribution in [2.75, 3.05) is 7.11 Å². The molecule has 1 aromatic heterocycles. The summed E-state index contributed by atoms with van der Waals surface area (Å²) in [7, 11) is 1.68. The van der Waals surface area contributed by atoms with Crippen molar-refractivity contribution in [3.8, 4) is 5.75 Å². The molecule has 0 radical (unpaired) electrons. The van der Waals surface area contributed by atoms with E-state index in [9.17, 15) is 0 Å². The third kappa shape index (κ3) is 3.61. The normalized spacial score (nSPS) is 12.1. The van der Waals surface area contributed by atoms with Crippen LogP contribution in [0.1, 0.15) is 28.6 Å². The highest BCUT2D eigenvalue weighted by Gasteiger charge is 2.19. The summed E-state index contributed by atoms with van der Waals surface area (Å²) >= 11 is 6.45. The molecule has 0 amide bonds. The summed E-state index contributed by atoms with van der Waals surface area (Å²) in [6, 6.07) is 14.0. The van der Waals surface area contributed by atoms with Crippen LogP contribution in [0.2, 0.25) is 5.02 Å². The molecule has 2 N–H and O–H groups in total. The molecular formula is C19H20ClN3O. The monoisotopic (exact) mass is 341 g/mol. The van der Waals surface area contributed by atoms with Gasteiger partial charge in [-0.15, -0.1) is 0 Å². The number of halogens is 1. The molecule has 0 spiro atoms. The first-order chi connectivity index (χ1) is 11.7. The lowest BCUT2D eigenvalue weighted by Crippen LogP contribution is -2.23. The topological polar surface area (TPSA) is 49.9 Å². The molecular weight excluding hydrogens is 322 g/mol. The number of rotatable bonds is 6. The maximum atomic E-state index is 6.45. The van der Waals surface area contributed by atoms with Gasteiger partial charge in [-0.3, -0.25) is 5.32 Å². The van der Waals surface area contributed by atoms with Gasteiger partial charge in [0.1, 0.15) is 11.6 Å². The molecule has 0 aliphatic heterocycles. The van der Waals surface area contributed by atoms with Crippen LogP contribution < -0.4 is 10.1 Å². The van der Waals surface area contributed by atoms with E-state index in [-0.39, 0.29) is 6.04 Å². The minimum absolute atomic E-state index is 0.0327. The van der Waals surface area contributed by atoms with Crippen LogP contribution in [-0.2, 0) is 6.54 Å². The highest BCUT2D eigenvalue weighted by molar-refractivity contribution is 6.31. The first-order valence-corrected chi connectivity index (χ1v) is 8.17. The van der Waals surface area contributed by atoms with E-state index < -0.39 is 0 Å². The number of aromatic amines is 1. The van der Waals surface area contributed by atoms with Crippen molar-refractivity contribution >= 4 is 11.6 Å². The van der Waals surface area contributed by atoms with Crippen LogP contribution in [-0.4, -0.2) is 17.1 Å². The predicted octanol–water partition coefficient (Wildman–Crippen LogP) is 4.26. The zero-order valence-corrected chi connectivity index (χ0v) is 14.5. The van der Waals surface area contributed by atoms with E-state index in [1.165, 1.54) is 0 Å². The molecule has 3 rings (SSSR count). The van der Waals surface area contributed by atoms with E-state index in [0.29, 0.717) is 6.54 Å². The second kappa shape index (κ2) is 7.51. The Bertz CT molecular complexity index is 802. The number of aromatic nitrogens is 2. The van der Waals surface area contributed by atoms with E-state index in [1.54, 1.807) is 13.3 Å². The fourth-order valence-electron chi connectivity index (χ4n) is 2.79. The van der Waals surface area contributed by atoms with Crippen molar-refractivity contribution in [2.24, 2.45) is 0 Å². The van der Waals surface area contributed by atoms with Gasteiger partial charge >= 0.3 is 0 Å². The maximum absolute atomic E-state index is 6.45. The Morgan fingerprint density at radius 3 is 2.71 bits per heavy atom. The number of benzene rings is 2. The van der Waals surface area contributed by atoms with Crippen molar-refractivity contribution in [1.29, 1.82) is 0 Å². The largest absolute Gasteiger partial charge is 0.497 e. The molecule has 0 fully saturated rings. The van der Waals surface area contributed by atoms with Crippen molar-refractivity contribution in [1.82, 2.24) is 15.3 Å². The second-order valence-electron chi connectivity index (χ2n) is 5.59. The third-order valence-electron chi connectivity index (χ3n) is 4.03. The quantitative estimate of drug-likeness (QED) is 0.704. The average Bonchev–Trinajstić information content (AvgIpc) is 3.11. The first-order valence-electron chi connectivity index (χ1n) is 7.79. The van der Waals surface area contributed by atoms with Gasteiger partial charge in [0.15, 0.2) is 0 Å². The number of hydrogen-bond donors (Lipinski definition) is 2. The minimum atomic E-state index is -0.0327. The zero-order valence-electron chi connectivity index (χ0n) is 13.7. The number of methoxy groups -OCH3 is 1. The molecule has 124 valence electrons. The molecule has 1 atom stereocenters. The SMILES string of the molecule is COc1ccc(C(NCc2ncc[nH]2)c2ccccc2Cl)c(C)c1. The second-order valence-corrected chi connectivity index (χ2v) is 6.00. The van der Waals surface area contributed by atoms with Crippen molar-refractivity contribution in [2.45, 2.75) is 19.5 Å². The lowest BCUT2D eigenvalue weighted by atomic mass is 9.94. The maximum Gasteiger partial charge on any atom is 0.120 e. The summed E-state index contributed by atoms with van der Waals surface area (Å²) in [4.78, 5) is 7.39. The Hall–Kier alpha value is -2.30. The Kier molecular flexibility index (Phi) is 5.18. The van der Waals surface area contributed by atoms with E-state index >= 15 is 0 Å². The molecule has 2 aromatic carbocycles.